The number of carboxylic acid groups (broad SMARTS) is 1. The van der Waals surface area contributed by atoms with Gasteiger partial charge in [0.2, 0.25) is 0 Å². The maximum atomic E-state index is 10.7. The van der Waals surface area contributed by atoms with Crippen molar-refractivity contribution in [2.45, 2.75) is 6.10 Å². The molecule has 0 fully saturated rings. The van der Waals surface area contributed by atoms with E-state index in [9.17, 15) is 9.59 Å². The zero-order valence-corrected chi connectivity index (χ0v) is 8.21. The highest BCUT2D eigenvalue weighted by atomic mass is 16.5. The monoisotopic (exact) mass is 216 g/mol. The lowest BCUT2D eigenvalue weighted by atomic mass is 10.1. The van der Waals surface area contributed by atoms with Crippen LogP contribution in [0.2, 0.25) is 0 Å². The summed E-state index contributed by atoms with van der Waals surface area (Å²) in [5.74, 6) is 0.636. The number of fused-ring (bicyclic) bond motifs is 1. The van der Waals surface area contributed by atoms with E-state index >= 15 is 0 Å². The summed E-state index contributed by atoms with van der Waals surface area (Å²) in [7, 11) is 0. The molecule has 0 radical (unpaired) electrons. The van der Waals surface area contributed by atoms with Gasteiger partial charge in [-0.3, -0.25) is 0 Å². The third-order valence-corrected chi connectivity index (χ3v) is 2.25. The van der Waals surface area contributed by atoms with E-state index in [1.54, 1.807) is 18.2 Å². The van der Waals surface area contributed by atoms with E-state index in [-0.39, 0.29) is 0 Å². The van der Waals surface area contributed by atoms with Crippen LogP contribution >= 0.6 is 0 Å². The molecular formula is C12H8O4. The van der Waals surface area contributed by atoms with Gasteiger partial charge >= 0.3 is 5.97 Å². The molecule has 80 valence electrons. The van der Waals surface area contributed by atoms with Crippen molar-refractivity contribution in [1.29, 1.82) is 0 Å². The van der Waals surface area contributed by atoms with E-state index in [1.807, 2.05) is 12.1 Å². The van der Waals surface area contributed by atoms with E-state index in [0.29, 0.717) is 5.75 Å². The molecule has 0 spiro atoms. The molecule has 16 heavy (non-hydrogen) atoms. The van der Waals surface area contributed by atoms with Gasteiger partial charge in [-0.05, 0) is 12.1 Å². The summed E-state index contributed by atoms with van der Waals surface area (Å²) in [6.45, 7) is 0. The minimum Gasteiger partial charge on any atom is -0.480 e. The van der Waals surface area contributed by atoms with Crippen LogP contribution in [-0.4, -0.2) is 23.1 Å². The number of hydrogen-bond acceptors (Lipinski definition) is 3. The molecule has 2 rings (SSSR count). The second-order valence-corrected chi connectivity index (χ2v) is 3.26. The Labute approximate surface area is 91.5 Å². The third kappa shape index (κ3) is 1.74. The summed E-state index contributed by atoms with van der Waals surface area (Å²) < 4.78 is 5.38. The Bertz CT molecular complexity index is 510. The second kappa shape index (κ2) is 4.04. The Morgan fingerprint density at radius 3 is 2.81 bits per heavy atom. The summed E-state index contributed by atoms with van der Waals surface area (Å²) >= 11 is 0. The quantitative estimate of drug-likeness (QED) is 0.598. The normalized spacial score (nSPS) is 16.9. The summed E-state index contributed by atoms with van der Waals surface area (Å²) in [6.07, 6.45) is 2.38. The highest BCUT2D eigenvalue weighted by Gasteiger charge is 2.24. The van der Waals surface area contributed by atoms with Crippen molar-refractivity contribution in [2.24, 2.45) is 0 Å². The van der Waals surface area contributed by atoms with Crippen LogP contribution in [0.15, 0.2) is 35.9 Å². The van der Waals surface area contributed by atoms with Crippen molar-refractivity contribution in [1.82, 2.24) is 0 Å². The molecule has 1 aliphatic rings. The van der Waals surface area contributed by atoms with Crippen LogP contribution in [0.3, 0.4) is 0 Å². The first-order valence-corrected chi connectivity index (χ1v) is 4.64. The molecule has 1 aromatic rings. The molecule has 0 saturated carbocycles. The van der Waals surface area contributed by atoms with Gasteiger partial charge in [-0.2, -0.15) is 0 Å². The third-order valence-electron chi connectivity index (χ3n) is 2.25. The van der Waals surface area contributed by atoms with Gasteiger partial charge in [0.05, 0.1) is 0 Å². The molecule has 1 atom stereocenters. The molecule has 4 nitrogen and oxygen atoms in total. The van der Waals surface area contributed by atoms with Crippen LogP contribution in [0, 0.1) is 0 Å². The average molecular weight is 216 g/mol. The lowest BCUT2D eigenvalue weighted by Crippen LogP contribution is -2.24. The van der Waals surface area contributed by atoms with Gasteiger partial charge in [-0.1, -0.05) is 24.3 Å². The Balaban J connectivity index is 2.33. The molecule has 1 N–H and O–H groups in total. The molecule has 1 aromatic carbocycles. The van der Waals surface area contributed by atoms with E-state index in [1.165, 1.54) is 12.0 Å². The topological polar surface area (TPSA) is 63.6 Å². The summed E-state index contributed by atoms with van der Waals surface area (Å²) in [6, 6.07) is 7.18. The first-order chi connectivity index (χ1) is 7.72. The molecule has 0 saturated heterocycles. The number of ether oxygens (including phenoxy) is 1. The first-order valence-electron chi connectivity index (χ1n) is 4.64. The van der Waals surface area contributed by atoms with Gasteiger partial charge < -0.3 is 9.84 Å². The zero-order valence-electron chi connectivity index (χ0n) is 8.21. The molecule has 1 heterocycles. The zero-order chi connectivity index (χ0) is 11.5. The highest BCUT2D eigenvalue weighted by molar-refractivity contribution is 5.97. The van der Waals surface area contributed by atoms with Crippen molar-refractivity contribution in [3.8, 4) is 5.75 Å². The summed E-state index contributed by atoms with van der Waals surface area (Å²) in [4.78, 5) is 21.2. The molecule has 0 aromatic heterocycles. The minimum atomic E-state index is -1.32. The van der Waals surface area contributed by atoms with Crippen LogP contribution in [-0.2, 0) is 9.59 Å². The molecule has 0 bridgehead atoms. The van der Waals surface area contributed by atoms with Crippen molar-refractivity contribution < 1.29 is 19.4 Å². The SMILES string of the molecule is O=C=C(C(=O)O)C1C=Cc2ccccc2O1. The highest BCUT2D eigenvalue weighted by Crippen LogP contribution is 2.27. The summed E-state index contributed by atoms with van der Waals surface area (Å²) in [5, 5.41) is 8.76. The molecule has 1 aliphatic heterocycles. The van der Waals surface area contributed by atoms with Crippen molar-refractivity contribution in [2.75, 3.05) is 0 Å². The molecule has 0 aliphatic carbocycles. The molecule has 4 heteroatoms. The number of carbonyl (C=O) groups is 1. The van der Waals surface area contributed by atoms with Crippen LogP contribution in [0.5, 0.6) is 5.75 Å². The lowest BCUT2D eigenvalue weighted by molar-refractivity contribution is -0.133. The van der Waals surface area contributed by atoms with Crippen LogP contribution in [0.25, 0.3) is 6.08 Å². The van der Waals surface area contributed by atoms with E-state index in [4.69, 9.17) is 9.84 Å². The van der Waals surface area contributed by atoms with Gasteiger partial charge in [0, 0.05) is 5.56 Å². The Kier molecular flexibility index (Phi) is 2.58. The smallest absolute Gasteiger partial charge is 0.347 e. The fourth-order valence-corrected chi connectivity index (χ4v) is 1.47. The Morgan fingerprint density at radius 1 is 1.38 bits per heavy atom. The summed E-state index contributed by atoms with van der Waals surface area (Å²) in [5.41, 5.74) is 0.431. The van der Waals surface area contributed by atoms with Crippen LogP contribution < -0.4 is 4.74 Å². The van der Waals surface area contributed by atoms with Gasteiger partial charge in [0.1, 0.15) is 11.7 Å². The maximum Gasteiger partial charge on any atom is 0.347 e. The fraction of sp³-hybridized carbons (Fsp3) is 0.0833. The standard InChI is InChI=1S/C12H8O4/c13-7-9(12(14)15)11-6-5-8-3-1-2-4-10(8)16-11/h1-6,11H,(H,14,15). The number of hydrogen-bond donors (Lipinski definition) is 1. The minimum absolute atomic E-state index is 0.425. The molecule has 1 unspecified atom stereocenters. The molecular weight excluding hydrogens is 208 g/mol. The number of carboxylic acids is 1. The lowest BCUT2D eigenvalue weighted by Gasteiger charge is -2.20. The number of carbonyl (C=O) groups excluding carboxylic acids is 1. The van der Waals surface area contributed by atoms with Crippen LogP contribution in [0.1, 0.15) is 5.56 Å². The number of para-hydroxylation sites is 1. The van der Waals surface area contributed by atoms with Gasteiger partial charge in [-0.25, -0.2) is 9.59 Å². The van der Waals surface area contributed by atoms with Crippen molar-refractivity contribution >= 4 is 18.0 Å². The number of aliphatic carboxylic acids is 1. The average Bonchev–Trinajstić information content (AvgIpc) is 2.29. The largest absolute Gasteiger partial charge is 0.480 e. The van der Waals surface area contributed by atoms with E-state index in [0.717, 1.165) is 5.56 Å². The second-order valence-electron chi connectivity index (χ2n) is 3.26. The van der Waals surface area contributed by atoms with Crippen molar-refractivity contribution in [3.05, 3.63) is 41.5 Å². The van der Waals surface area contributed by atoms with E-state index < -0.39 is 17.6 Å². The molecule has 0 amide bonds. The number of rotatable bonds is 2. The number of benzene rings is 1. The van der Waals surface area contributed by atoms with Gasteiger partial charge in [-0.15, -0.1) is 0 Å². The van der Waals surface area contributed by atoms with Gasteiger partial charge in [0.15, 0.2) is 11.7 Å². The first kappa shape index (κ1) is 10.2. The Hall–Kier alpha value is -2.32. The van der Waals surface area contributed by atoms with Gasteiger partial charge in [0.25, 0.3) is 0 Å². The van der Waals surface area contributed by atoms with Crippen LogP contribution in [0.4, 0.5) is 0 Å². The van der Waals surface area contributed by atoms with Crippen molar-refractivity contribution in [3.63, 3.8) is 0 Å². The van der Waals surface area contributed by atoms with E-state index in [2.05, 4.69) is 0 Å². The predicted molar refractivity (Wildman–Crippen MR) is 56.7 cm³/mol. The Morgan fingerprint density at radius 2 is 2.12 bits per heavy atom. The fourth-order valence-electron chi connectivity index (χ4n) is 1.47. The predicted octanol–water partition coefficient (Wildman–Crippen LogP) is 1.30. The maximum absolute atomic E-state index is 10.7.